The molecule has 0 aromatic heterocycles. The summed E-state index contributed by atoms with van der Waals surface area (Å²) in [6.07, 6.45) is 10.1. The van der Waals surface area contributed by atoms with Gasteiger partial charge in [0.2, 0.25) is 0 Å². The van der Waals surface area contributed by atoms with Gasteiger partial charge in [-0.1, -0.05) is 0 Å². The van der Waals surface area contributed by atoms with Gasteiger partial charge in [0.25, 0.3) is 0 Å². The van der Waals surface area contributed by atoms with Crippen LogP contribution in [-0.2, 0) is 4.74 Å². The molecule has 0 aliphatic rings. The molecule has 0 amide bonds. The Bertz CT molecular complexity index is 435. The fourth-order valence-electron chi connectivity index (χ4n) is 3.83. The molecule has 0 unspecified atom stereocenters. The summed E-state index contributed by atoms with van der Waals surface area (Å²) in [5, 5.41) is 0. The number of rotatable bonds is 14. The quantitative estimate of drug-likeness (QED) is 0.208. The van der Waals surface area contributed by atoms with Gasteiger partial charge in [-0.05, 0) is 0 Å². The van der Waals surface area contributed by atoms with E-state index in [2.05, 4.69) is 64.6 Å². The summed E-state index contributed by atoms with van der Waals surface area (Å²) in [6.45, 7) is 13.1. The molecule has 25 heavy (non-hydrogen) atoms. The summed E-state index contributed by atoms with van der Waals surface area (Å²) in [6, 6.07) is 11.1. The van der Waals surface area contributed by atoms with Gasteiger partial charge in [-0.2, -0.15) is 0 Å². The third kappa shape index (κ3) is 7.46. The van der Waals surface area contributed by atoms with Crippen LogP contribution in [0.3, 0.4) is 0 Å². The summed E-state index contributed by atoms with van der Waals surface area (Å²) in [7, 11) is 0. The van der Waals surface area contributed by atoms with Crippen molar-refractivity contribution in [1.82, 2.24) is 0 Å². The Balaban J connectivity index is 3.27. The van der Waals surface area contributed by atoms with E-state index in [0.29, 0.717) is 4.12 Å². The van der Waals surface area contributed by atoms with Gasteiger partial charge in [0.1, 0.15) is 0 Å². The molecule has 1 nitrogen and oxygen atoms in total. The van der Waals surface area contributed by atoms with Crippen LogP contribution in [0.5, 0.6) is 0 Å². The molecule has 0 aliphatic heterocycles. The average molecular weight is 451 g/mol. The van der Waals surface area contributed by atoms with E-state index in [9.17, 15) is 0 Å². The third-order valence-electron chi connectivity index (χ3n) is 5.43. The van der Waals surface area contributed by atoms with E-state index < -0.39 is 18.4 Å². The fraction of sp³-hybridized carbons (Fsp3) is 0.652. The first-order chi connectivity index (χ1) is 12.1. The van der Waals surface area contributed by atoms with E-state index in [1.807, 2.05) is 6.08 Å². The second kappa shape index (κ2) is 13.0. The minimum atomic E-state index is -2.51. The number of hydrogen-bond acceptors (Lipinski definition) is 1. The number of hydrogen-bond donors (Lipinski definition) is 0. The first-order valence-electron chi connectivity index (χ1n) is 10.5. The summed E-state index contributed by atoms with van der Waals surface area (Å²) >= 11 is -2.51. The van der Waals surface area contributed by atoms with Crippen molar-refractivity contribution in [2.45, 2.75) is 89.8 Å². The first kappa shape index (κ1) is 22.8. The molecule has 1 aromatic rings. The van der Waals surface area contributed by atoms with E-state index in [4.69, 9.17) is 4.74 Å². The van der Waals surface area contributed by atoms with Crippen molar-refractivity contribution in [1.29, 1.82) is 0 Å². The van der Waals surface area contributed by atoms with E-state index >= 15 is 0 Å². The van der Waals surface area contributed by atoms with Crippen molar-refractivity contribution in [3.8, 4) is 0 Å². The minimum absolute atomic E-state index is 0.131. The van der Waals surface area contributed by atoms with Crippen molar-refractivity contribution in [3.63, 3.8) is 0 Å². The SMILES string of the molecule is C=C[C@H](C)O[C@@H](c1ccccc1)[Sn]([CH2]CCC)([CH2]CCC)[CH2]CCC. The van der Waals surface area contributed by atoms with Gasteiger partial charge < -0.3 is 0 Å². The summed E-state index contributed by atoms with van der Waals surface area (Å²) in [5.74, 6) is 0. The molecule has 1 aromatic carbocycles. The van der Waals surface area contributed by atoms with Gasteiger partial charge in [-0.3, -0.25) is 0 Å². The van der Waals surface area contributed by atoms with Crippen LogP contribution in [0.4, 0.5) is 0 Å². The zero-order chi connectivity index (χ0) is 18.5. The molecular formula is C23H40OSn. The molecule has 0 saturated heterocycles. The van der Waals surface area contributed by atoms with E-state index in [-0.39, 0.29) is 6.10 Å². The zero-order valence-electron chi connectivity index (χ0n) is 17.1. The molecule has 142 valence electrons. The van der Waals surface area contributed by atoms with E-state index in [1.54, 1.807) is 0 Å². The van der Waals surface area contributed by atoms with Crippen LogP contribution in [0.25, 0.3) is 0 Å². The average Bonchev–Trinajstić information content (AvgIpc) is 2.66. The number of ether oxygens (including phenoxy) is 1. The molecular weight excluding hydrogens is 411 g/mol. The maximum absolute atomic E-state index is 6.72. The molecule has 0 aliphatic carbocycles. The van der Waals surface area contributed by atoms with Gasteiger partial charge in [0.05, 0.1) is 0 Å². The normalized spacial score (nSPS) is 14.2. The van der Waals surface area contributed by atoms with Crippen LogP contribution in [0, 0.1) is 0 Å². The van der Waals surface area contributed by atoms with Crippen molar-refractivity contribution in [2.75, 3.05) is 0 Å². The van der Waals surface area contributed by atoms with Crippen LogP contribution in [0.2, 0.25) is 13.3 Å². The Kier molecular flexibility index (Phi) is 11.8. The Labute approximate surface area is 161 Å². The van der Waals surface area contributed by atoms with Crippen molar-refractivity contribution in [2.24, 2.45) is 0 Å². The molecule has 0 radical (unpaired) electrons. The predicted octanol–water partition coefficient (Wildman–Crippen LogP) is 7.71. The summed E-state index contributed by atoms with van der Waals surface area (Å²) < 4.78 is 11.5. The standard InChI is InChI=1S/C11H13O.3C4H9.Sn/c1-3-10(2)12-9-11-7-5-4-6-8-11;3*1-3-4-2;/h3-10H,1H2,2H3;3*1,3-4H2,2H3;/t10-;;;;/m0..../s1. The van der Waals surface area contributed by atoms with Crippen molar-refractivity contribution in [3.05, 3.63) is 48.6 Å². The van der Waals surface area contributed by atoms with Crippen molar-refractivity contribution < 1.29 is 4.74 Å². The van der Waals surface area contributed by atoms with Gasteiger partial charge in [-0.15, -0.1) is 0 Å². The Morgan fingerprint density at radius 2 is 1.40 bits per heavy atom. The fourth-order valence-corrected chi connectivity index (χ4v) is 21.3. The van der Waals surface area contributed by atoms with Crippen LogP contribution < -0.4 is 0 Å². The summed E-state index contributed by atoms with van der Waals surface area (Å²) in [4.78, 5) is 0. The molecule has 0 bridgehead atoms. The monoisotopic (exact) mass is 452 g/mol. The van der Waals surface area contributed by atoms with Gasteiger partial charge in [-0.25, -0.2) is 0 Å². The Hall–Kier alpha value is -0.281. The predicted molar refractivity (Wildman–Crippen MR) is 115 cm³/mol. The molecule has 0 saturated carbocycles. The molecule has 0 N–H and O–H groups in total. The van der Waals surface area contributed by atoms with Gasteiger partial charge >= 0.3 is 161 Å². The second-order valence-corrected chi connectivity index (χ2v) is 21.1. The second-order valence-electron chi connectivity index (χ2n) is 7.54. The Morgan fingerprint density at radius 3 is 1.80 bits per heavy atom. The van der Waals surface area contributed by atoms with Crippen molar-refractivity contribution >= 4 is 18.4 Å². The van der Waals surface area contributed by atoms with E-state index in [0.717, 1.165) is 0 Å². The van der Waals surface area contributed by atoms with E-state index in [1.165, 1.54) is 57.4 Å². The van der Waals surface area contributed by atoms with Gasteiger partial charge in [0.15, 0.2) is 0 Å². The molecule has 2 heteroatoms. The molecule has 0 heterocycles. The molecule has 2 atom stereocenters. The van der Waals surface area contributed by atoms with Crippen LogP contribution in [0.1, 0.15) is 75.9 Å². The van der Waals surface area contributed by atoms with Crippen LogP contribution in [0.15, 0.2) is 43.0 Å². The molecule has 1 rings (SSSR count). The molecule has 0 spiro atoms. The maximum atomic E-state index is 6.72. The number of benzene rings is 1. The van der Waals surface area contributed by atoms with Gasteiger partial charge in [0, 0.05) is 0 Å². The van der Waals surface area contributed by atoms with Crippen LogP contribution in [-0.4, -0.2) is 24.5 Å². The first-order valence-corrected chi connectivity index (χ1v) is 18.2. The third-order valence-corrected chi connectivity index (χ3v) is 21.5. The topological polar surface area (TPSA) is 9.23 Å². The van der Waals surface area contributed by atoms with Crippen LogP contribution >= 0.6 is 0 Å². The molecule has 0 fully saturated rings. The number of unbranched alkanes of at least 4 members (excludes halogenated alkanes) is 3. The Morgan fingerprint density at radius 1 is 0.920 bits per heavy atom. The summed E-state index contributed by atoms with van der Waals surface area (Å²) in [5.41, 5.74) is 1.43. The zero-order valence-corrected chi connectivity index (χ0v) is 20.0.